The minimum absolute atomic E-state index is 0.0228. The van der Waals surface area contributed by atoms with Crippen LogP contribution in [0.25, 0.3) is 22.2 Å². The number of amides is 1. The molecular weight excluding hydrogens is 418 g/mol. The summed E-state index contributed by atoms with van der Waals surface area (Å²) in [4.78, 5) is 29.5. The van der Waals surface area contributed by atoms with Crippen molar-refractivity contribution in [3.05, 3.63) is 44.5 Å². The SMILES string of the molecule is CC1=NN(c2nc(-c3cc4cc(Br)ccc4oc3=O)cs2)C(=O)C12CC2. The predicted molar refractivity (Wildman–Crippen MR) is 104 cm³/mol. The van der Waals surface area contributed by atoms with Gasteiger partial charge < -0.3 is 4.42 Å². The van der Waals surface area contributed by atoms with Gasteiger partial charge in [-0.25, -0.2) is 9.78 Å². The van der Waals surface area contributed by atoms with Crippen LogP contribution in [0.2, 0.25) is 0 Å². The van der Waals surface area contributed by atoms with Crippen molar-refractivity contribution in [2.75, 3.05) is 5.01 Å². The highest BCUT2D eigenvalue weighted by atomic mass is 79.9. The molecule has 26 heavy (non-hydrogen) atoms. The summed E-state index contributed by atoms with van der Waals surface area (Å²) in [5.74, 6) is -0.0228. The Kier molecular flexibility index (Phi) is 3.27. The fourth-order valence-corrected chi connectivity index (χ4v) is 4.39. The Labute approximate surface area is 160 Å². The van der Waals surface area contributed by atoms with Crippen LogP contribution in [0.15, 0.2) is 48.4 Å². The van der Waals surface area contributed by atoms with Crippen LogP contribution in [-0.4, -0.2) is 16.6 Å². The molecule has 0 N–H and O–H groups in total. The maximum absolute atomic E-state index is 12.6. The van der Waals surface area contributed by atoms with Crippen LogP contribution in [0.1, 0.15) is 19.8 Å². The van der Waals surface area contributed by atoms with Gasteiger partial charge in [0.15, 0.2) is 0 Å². The van der Waals surface area contributed by atoms with Gasteiger partial charge >= 0.3 is 5.63 Å². The molecule has 2 aromatic heterocycles. The largest absolute Gasteiger partial charge is 0.422 e. The second kappa shape index (κ2) is 5.34. The molecule has 1 aromatic carbocycles. The highest BCUT2D eigenvalue weighted by Crippen LogP contribution is 2.52. The molecule has 1 spiro atoms. The number of anilines is 1. The molecule has 2 aliphatic rings. The summed E-state index contributed by atoms with van der Waals surface area (Å²) >= 11 is 4.71. The first-order valence-corrected chi connectivity index (χ1v) is 9.75. The van der Waals surface area contributed by atoms with Gasteiger partial charge in [-0.15, -0.1) is 11.3 Å². The number of thiazole rings is 1. The molecule has 0 atom stereocenters. The minimum Gasteiger partial charge on any atom is -0.422 e. The third kappa shape index (κ3) is 2.22. The number of hydrazone groups is 1. The fraction of sp³-hybridized carbons (Fsp3) is 0.222. The summed E-state index contributed by atoms with van der Waals surface area (Å²) in [7, 11) is 0. The zero-order valence-electron chi connectivity index (χ0n) is 13.7. The quantitative estimate of drug-likeness (QED) is 0.572. The third-order valence-corrected chi connectivity index (χ3v) is 6.25. The average Bonchev–Trinajstić information content (AvgIpc) is 3.23. The van der Waals surface area contributed by atoms with E-state index in [1.54, 1.807) is 17.5 Å². The lowest BCUT2D eigenvalue weighted by molar-refractivity contribution is -0.120. The van der Waals surface area contributed by atoms with Crippen LogP contribution in [0.4, 0.5) is 5.13 Å². The zero-order chi connectivity index (χ0) is 18.1. The number of carbonyl (C=O) groups is 1. The molecule has 1 amide bonds. The van der Waals surface area contributed by atoms with Gasteiger partial charge in [-0.05, 0) is 44.0 Å². The standard InChI is InChI=1S/C18H12BrN3O3S/c1-9-18(4-5-18)16(24)22(21-9)17-20-13(8-26-17)12-7-10-6-11(19)2-3-14(10)25-15(12)23/h2-3,6-8H,4-5H2,1H3. The number of fused-ring (bicyclic) bond motifs is 1. The predicted octanol–water partition coefficient (Wildman–Crippen LogP) is 4.18. The van der Waals surface area contributed by atoms with E-state index in [1.807, 2.05) is 19.1 Å². The zero-order valence-corrected chi connectivity index (χ0v) is 16.1. The molecule has 0 saturated heterocycles. The Morgan fingerprint density at radius 1 is 1.27 bits per heavy atom. The van der Waals surface area contributed by atoms with E-state index in [4.69, 9.17) is 4.42 Å². The van der Waals surface area contributed by atoms with Crippen molar-refractivity contribution in [3.63, 3.8) is 0 Å². The van der Waals surface area contributed by atoms with Gasteiger partial charge in [0.2, 0.25) is 5.13 Å². The lowest BCUT2D eigenvalue weighted by Gasteiger charge is -2.09. The van der Waals surface area contributed by atoms with Crippen molar-refractivity contribution < 1.29 is 9.21 Å². The second-order valence-corrected chi connectivity index (χ2v) is 8.28. The Morgan fingerprint density at radius 3 is 2.81 bits per heavy atom. The maximum Gasteiger partial charge on any atom is 0.345 e. The molecular formula is C18H12BrN3O3S. The normalized spacial score (nSPS) is 18.0. The average molecular weight is 430 g/mol. The number of benzene rings is 1. The second-order valence-electron chi connectivity index (χ2n) is 6.53. The van der Waals surface area contributed by atoms with Gasteiger partial charge in [0.25, 0.3) is 5.91 Å². The lowest BCUT2D eigenvalue weighted by atomic mass is 10.0. The third-order valence-electron chi connectivity index (χ3n) is 4.94. The molecule has 8 heteroatoms. The van der Waals surface area contributed by atoms with E-state index in [1.165, 1.54) is 16.3 Å². The molecule has 0 unspecified atom stereocenters. The van der Waals surface area contributed by atoms with Gasteiger partial charge in [-0.3, -0.25) is 4.79 Å². The van der Waals surface area contributed by atoms with Crippen LogP contribution < -0.4 is 10.6 Å². The van der Waals surface area contributed by atoms with Crippen molar-refractivity contribution in [2.45, 2.75) is 19.8 Å². The van der Waals surface area contributed by atoms with Crippen molar-refractivity contribution in [1.82, 2.24) is 4.98 Å². The number of rotatable bonds is 2. The van der Waals surface area contributed by atoms with E-state index in [2.05, 4.69) is 26.0 Å². The number of hydrogen-bond donors (Lipinski definition) is 0. The molecule has 0 bridgehead atoms. The maximum atomic E-state index is 12.6. The van der Waals surface area contributed by atoms with Crippen LogP contribution in [-0.2, 0) is 4.79 Å². The van der Waals surface area contributed by atoms with Crippen molar-refractivity contribution in [1.29, 1.82) is 0 Å². The number of halogens is 1. The Hall–Kier alpha value is -2.32. The van der Waals surface area contributed by atoms with E-state index in [0.29, 0.717) is 22.0 Å². The summed E-state index contributed by atoms with van der Waals surface area (Å²) < 4.78 is 6.29. The van der Waals surface area contributed by atoms with Gasteiger partial charge in [0.1, 0.15) is 5.58 Å². The number of carbonyl (C=O) groups excluding carboxylic acids is 1. The first kappa shape index (κ1) is 15.9. The summed E-state index contributed by atoms with van der Waals surface area (Å²) in [5, 5.41) is 8.78. The molecule has 6 nitrogen and oxygen atoms in total. The first-order chi connectivity index (χ1) is 12.5. The fourth-order valence-electron chi connectivity index (χ4n) is 3.24. The van der Waals surface area contributed by atoms with Crippen molar-refractivity contribution in [2.24, 2.45) is 10.5 Å². The molecule has 1 saturated carbocycles. The topological polar surface area (TPSA) is 75.8 Å². The molecule has 3 aromatic rings. The van der Waals surface area contributed by atoms with Gasteiger partial charge in [0.05, 0.1) is 22.4 Å². The lowest BCUT2D eigenvalue weighted by Crippen LogP contribution is -2.28. The Morgan fingerprint density at radius 2 is 2.08 bits per heavy atom. The molecule has 130 valence electrons. The molecule has 0 radical (unpaired) electrons. The molecule has 3 heterocycles. The first-order valence-electron chi connectivity index (χ1n) is 8.07. The van der Waals surface area contributed by atoms with E-state index in [0.717, 1.165) is 28.4 Å². The molecule has 1 fully saturated rings. The van der Waals surface area contributed by atoms with Crippen LogP contribution >= 0.6 is 27.3 Å². The van der Waals surface area contributed by atoms with E-state index in [-0.39, 0.29) is 5.91 Å². The molecule has 1 aliphatic heterocycles. The van der Waals surface area contributed by atoms with E-state index in [9.17, 15) is 9.59 Å². The van der Waals surface area contributed by atoms with Crippen LogP contribution in [0, 0.1) is 5.41 Å². The summed E-state index contributed by atoms with van der Waals surface area (Å²) in [6, 6.07) is 7.20. The van der Waals surface area contributed by atoms with Gasteiger partial charge in [-0.2, -0.15) is 10.1 Å². The molecule has 1 aliphatic carbocycles. The van der Waals surface area contributed by atoms with E-state index < -0.39 is 11.0 Å². The van der Waals surface area contributed by atoms with Gasteiger partial charge in [-0.1, -0.05) is 15.9 Å². The number of aromatic nitrogens is 1. The number of hydrogen-bond acceptors (Lipinski definition) is 6. The molecule has 5 rings (SSSR count). The van der Waals surface area contributed by atoms with Gasteiger partial charge in [0, 0.05) is 15.2 Å². The number of nitrogens with zero attached hydrogens (tertiary/aromatic N) is 3. The minimum atomic E-state index is -0.456. The highest BCUT2D eigenvalue weighted by molar-refractivity contribution is 9.10. The summed E-state index contributed by atoms with van der Waals surface area (Å²) in [5.41, 5.74) is 1.35. The Balaban J connectivity index is 1.57. The highest BCUT2D eigenvalue weighted by Gasteiger charge is 2.59. The van der Waals surface area contributed by atoms with Crippen LogP contribution in [0.5, 0.6) is 0 Å². The van der Waals surface area contributed by atoms with Crippen molar-refractivity contribution in [3.8, 4) is 11.3 Å². The summed E-state index contributed by atoms with van der Waals surface area (Å²) in [6.45, 7) is 1.88. The van der Waals surface area contributed by atoms with Crippen molar-refractivity contribution >= 4 is 55.0 Å². The van der Waals surface area contributed by atoms with Crippen LogP contribution in [0.3, 0.4) is 0 Å². The monoisotopic (exact) mass is 429 g/mol. The summed E-state index contributed by atoms with van der Waals surface area (Å²) in [6.07, 6.45) is 1.69. The smallest absolute Gasteiger partial charge is 0.345 e. The van der Waals surface area contributed by atoms with E-state index >= 15 is 0 Å². The Bertz CT molecular complexity index is 1180.